The van der Waals surface area contributed by atoms with Crippen LogP contribution in [-0.4, -0.2) is 31.9 Å². The molecule has 0 radical (unpaired) electrons. The highest BCUT2D eigenvalue weighted by molar-refractivity contribution is 7.89. The van der Waals surface area contributed by atoms with Gasteiger partial charge in [0.05, 0.1) is 4.90 Å². The van der Waals surface area contributed by atoms with Crippen LogP contribution in [0.3, 0.4) is 0 Å². The lowest BCUT2D eigenvalue weighted by atomic mass is 9.81. The minimum absolute atomic E-state index is 0.0254. The normalized spacial score (nSPS) is 23.8. The molecule has 1 atom stereocenters. The average molecular weight is 300 g/mol. The molecule has 0 bridgehead atoms. The average Bonchev–Trinajstić information content (AvgIpc) is 2.35. The number of sulfonamides is 1. The molecule has 112 valence electrons. The van der Waals surface area contributed by atoms with Gasteiger partial charge in [0, 0.05) is 19.1 Å². The summed E-state index contributed by atoms with van der Waals surface area (Å²) in [5.41, 5.74) is 6.30. The molecule has 0 spiro atoms. The quantitative estimate of drug-likeness (QED) is 0.907. The Morgan fingerprint density at radius 2 is 2.05 bits per heavy atom. The molecular formula is C14H21FN2O2S. The molecule has 0 aromatic heterocycles. The molecule has 2 rings (SSSR count). The Kier molecular flexibility index (Phi) is 3.92. The van der Waals surface area contributed by atoms with Gasteiger partial charge in [0.2, 0.25) is 10.0 Å². The second kappa shape index (κ2) is 5.09. The number of halogens is 1. The third-order valence-electron chi connectivity index (χ3n) is 4.05. The van der Waals surface area contributed by atoms with E-state index in [4.69, 9.17) is 5.73 Å². The van der Waals surface area contributed by atoms with Gasteiger partial charge in [-0.1, -0.05) is 19.9 Å². The molecule has 1 aromatic rings. The molecule has 1 heterocycles. The summed E-state index contributed by atoms with van der Waals surface area (Å²) in [6.07, 6.45) is 0.612. The predicted octanol–water partition coefficient (Wildman–Crippen LogP) is 1.88. The number of piperidine rings is 1. The molecule has 1 aliphatic rings. The van der Waals surface area contributed by atoms with E-state index in [9.17, 15) is 12.8 Å². The highest BCUT2D eigenvalue weighted by atomic mass is 32.2. The Hall–Kier alpha value is -0.980. The number of hydrogen-bond acceptors (Lipinski definition) is 3. The van der Waals surface area contributed by atoms with Crippen molar-refractivity contribution in [1.82, 2.24) is 4.31 Å². The van der Waals surface area contributed by atoms with Crippen LogP contribution in [-0.2, 0) is 10.0 Å². The summed E-state index contributed by atoms with van der Waals surface area (Å²) in [7, 11) is -3.67. The predicted molar refractivity (Wildman–Crippen MR) is 76.3 cm³/mol. The number of nitrogens with two attached hydrogens (primary N) is 1. The molecule has 1 aromatic carbocycles. The van der Waals surface area contributed by atoms with Crippen LogP contribution in [0.5, 0.6) is 0 Å². The molecule has 1 unspecified atom stereocenters. The van der Waals surface area contributed by atoms with Crippen molar-refractivity contribution in [3.63, 3.8) is 0 Å². The van der Waals surface area contributed by atoms with Crippen LogP contribution >= 0.6 is 0 Å². The van der Waals surface area contributed by atoms with Crippen molar-refractivity contribution in [1.29, 1.82) is 0 Å². The van der Waals surface area contributed by atoms with E-state index in [1.807, 2.05) is 13.8 Å². The summed E-state index contributed by atoms with van der Waals surface area (Å²) in [5.74, 6) is -0.540. The summed E-state index contributed by atoms with van der Waals surface area (Å²) in [5, 5.41) is 0. The van der Waals surface area contributed by atoms with E-state index in [1.54, 1.807) is 6.92 Å². The maximum atomic E-state index is 13.4. The summed E-state index contributed by atoms with van der Waals surface area (Å²) in [6, 6.07) is 3.82. The van der Waals surface area contributed by atoms with Gasteiger partial charge in [-0.2, -0.15) is 4.31 Å². The number of aryl methyl sites for hydroxylation is 1. The van der Waals surface area contributed by atoms with Gasteiger partial charge in [0.15, 0.2) is 0 Å². The van der Waals surface area contributed by atoms with Crippen LogP contribution < -0.4 is 5.73 Å². The SMILES string of the molecule is Cc1ccc(F)cc1S(=O)(=O)N1CCC(N)C(C)(C)C1. The lowest BCUT2D eigenvalue weighted by Crippen LogP contribution is -2.53. The van der Waals surface area contributed by atoms with Crippen molar-refractivity contribution in [2.24, 2.45) is 11.1 Å². The third kappa shape index (κ3) is 2.73. The molecule has 0 aliphatic carbocycles. The molecular weight excluding hydrogens is 279 g/mol. The maximum absolute atomic E-state index is 13.4. The zero-order chi connectivity index (χ0) is 15.1. The first kappa shape index (κ1) is 15.4. The largest absolute Gasteiger partial charge is 0.327 e. The van der Waals surface area contributed by atoms with E-state index in [0.717, 1.165) is 6.07 Å². The van der Waals surface area contributed by atoms with Crippen LogP contribution in [0.2, 0.25) is 0 Å². The Morgan fingerprint density at radius 1 is 1.40 bits per heavy atom. The van der Waals surface area contributed by atoms with Crippen LogP contribution in [0, 0.1) is 18.2 Å². The maximum Gasteiger partial charge on any atom is 0.243 e. The van der Waals surface area contributed by atoms with Gasteiger partial charge in [-0.05, 0) is 36.5 Å². The summed E-state index contributed by atoms with van der Waals surface area (Å²) >= 11 is 0. The highest BCUT2D eigenvalue weighted by Crippen LogP contribution is 2.32. The lowest BCUT2D eigenvalue weighted by Gasteiger charge is -2.41. The van der Waals surface area contributed by atoms with Gasteiger partial charge in [-0.3, -0.25) is 0 Å². The van der Waals surface area contributed by atoms with Gasteiger partial charge >= 0.3 is 0 Å². The molecule has 0 amide bonds. The number of nitrogens with zero attached hydrogens (tertiary/aromatic N) is 1. The number of rotatable bonds is 2. The monoisotopic (exact) mass is 300 g/mol. The molecule has 1 saturated heterocycles. The fraction of sp³-hybridized carbons (Fsp3) is 0.571. The van der Waals surface area contributed by atoms with Crippen LogP contribution in [0.1, 0.15) is 25.8 Å². The highest BCUT2D eigenvalue weighted by Gasteiger charge is 2.39. The Morgan fingerprint density at radius 3 is 2.65 bits per heavy atom. The van der Waals surface area contributed by atoms with Crippen molar-refractivity contribution in [2.75, 3.05) is 13.1 Å². The van der Waals surface area contributed by atoms with Crippen molar-refractivity contribution in [2.45, 2.75) is 38.1 Å². The number of benzene rings is 1. The van der Waals surface area contributed by atoms with E-state index in [0.29, 0.717) is 25.1 Å². The van der Waals surface area contributed by atoms with Crippen molar-refractivity contribution in [3.8, 4) is 0 Å². The van der Waals surface area contributed by atoms with Crippen LogP contribution in [0.4, 0.5) is 4.39 Å². The molecule has 1 fully saturated rings. The smallest absolute Gasteiger partial charge is 0.243 e. The first-order valence-electron chi connectivity index (χ1n) is 6.66. The van der Waals surface area contributed by atoms with Gasteiger partial charge in [0.1, 0.15) is 5.82 Å². The van der Waals surface area contributed by atoms with Gasteiger partial charge < -0.3 is 5.73 Å². The van der Waals surface area contributed by atoms with Crippen LogP contribution in [0.15, 0.2) is 23.1 Å². The van der Waals surface area contributed by atoms with E-state index >= 15 is 0 Å². The zero-order valence-electron chi connectivity index (χ0n) is 12.1. The van der Waals surface area contributed by atoms with Crippen molar-refractivity contribution in [3.05, 3.63) is 29.6 Å². The second-order valence-corrected chi connectivity index (χ2v) is 8.04. The zero-order valence-corrected chi connectivity index (χ0v) is 12.9. The van der Waals surface area contributed by atoms with Gasteiger partial charge in [-0.25, -0.2) is 12.8 Å². The van der Waals surface area contributed by atoms with Crippen molar-refractivity contribution >= 4 is 10.0 Å². The van der Waals surface area contributed by atoms with E-state index in [1.165, 1.54) is 16.4 Å². The molecule has 1 aliphatic heterocycles. The first-order chi connectivity index (χ1) is 9.14. The molecule has 4 nitrogen and oxygen atoms in total. The van der Waals surface area contributed by atoms with Crippen LogP contribution in [0.25, 0.3) is 0 Å². The van der Waals surface area contributed by atoms with E-state index < -0.39 is 15.8 Å². The summed E-state index contributed by atoms with van der Waals surface area (Å²) in [4.78, 5) is 0.0452. The van der Waals surface area contributed by atoms with Gasteiger partial charge in [-0.15, -0.1) is 0 Å². The molecule has 20 heavy (non-hydrogen) atoms. The lowest BCUT2D eigenvalue weighted by molar-refractivity contribution is 0.155. The molecule has 6 heteroatoms. The first-order valence-corrected chi connectivity index (χ1v) is 8.10. The number of hydrogen-bond donors (Lipinski definition) is 1. The topological polar surface area (TPSA) is 63.4 Å². The molecule has 2 N–H and O–H groups in total. The standard InChI is InChI=1S/C14H21FN2O2S/c1-10-4-5-11(15)8-12(10)20(18,19)17-7-6-13(16)14(2,3)9-17/h4-5,8,13H,6-7,9,16H2,1-3H3. The van der Waals surface area contributed by atoms with Crippen molar-refractivity contribution < 1.29 is 12.8 Å². The minimum atomic E-state index is -3.67. The van der Waals surface area contributed by atoms with E-state index in [-0.39, 0.29) is 16.4 Å². The Labute approximate surface area is 119 Å². The summed E-state index contributed by atoms with van der Waals surface area (Å²) < 4.78 is 40.1. The third-order valence-corrected chi connectivity index (χ3v) is 6.03. The van der Waals surface area contributed by atoms with E-state index in [2.05, 4.69) is 0 Å². The fourth-order valence-electron chi connectivity index (χ4n) is 2.52. The second-order valence-electron chi connectivity index (χ2n) is 6.13. The Bertz CT molecular complexity index is 614. The Balaban J connectivity index is 2.38. The van der Waals surface area contributed by atoms with Gasteiger partial charge in [0.25, 0.3) is 0 Å². The summed E-state index contributed by atoms with van der Waals surface area (Å²) in [6.45, 7) is 6.32. The fourth-order valence-corrected chi connectivity index (χ4v) is 4.38. The minimum Gasteiger partial charge on any atom is -0.327 e. The molecule has 0 saturated carbocycles.